The van der Waals surface area contributed by atoms with Gasteiger partial charge in [0, 0.05) is 37.8 Å². The third-order valence-corrected chi connectivity index (χ3v) is 6.84. The molecule has 0 bridgehead atoms. The van der Waals surface area contributed by atoms with Crippen molar-refractivity contribution in [1.29, 1.82) is 0 Å². The van der Waals surface area contributed by atoms with Gasteiger partial charge in [-0.3, -0.25) is 4.72 Å². The van der Waals surface area contributed by atoms with Crippen molar-refractivity contribution in [3.63, 3.8) is 0 Å². The van der Waals surface area contributed by atoms with E-state index in [0.717, 1.165) is 43.4 Å². The lowest BCUT2D eigenvalue weighted by Crippen LogP contribution is -2.43. The number of aliphatic hydroxyl groups excluding tert-OH is 1. The Bertz CT molecular complexity index is 1290. The molecule has 11 nitrogen and oxygen atoms in total. The van der Waals surface area contributed by atoms with E-state index in [-0.39, 0.29) is 29.3 Å². The second-order valence-corrected chi connectivity index (χ2v) is 10.9. The van der Waals surface area contributed by atoms with Crippen LogP contribution in [0, 0.1) is 0 Å². The molecule has 0 spiro atoms. The SMILES string of the molecule is CS(=O)(=O)Nc1cc(C(O)CNC2CCN(c3ccc(Cc4[nH]c(N)nc4O)cc3)CC2)ccc1O. The number of aromatic nitrogens is 2. The summed E-state index contributed by atoms with van der Waals surface area (Å²) in [5.74, 6) is -0.0820. The lowest BCUT2D eigenvalue weighted by atomic mass is 10.0. The molecule has 1 saturated heterocycles. The normalized spacial score (nSPS) is 15.7. The topological polar surface area (TPSA) is 177 Å². The first-order valence-electron chi connectivity index (χ1n) is 11.7. The molecule has 0 aliphatic carbocycles. The Hall–Kier alpha value is -3.48. The van der Waals surface area contributed by atoms with Gasteiger partial charge in [0.05, 0.1) is 23.7 Å². The predicted molar refractivity (Wildman–Crippen MR) is 139 cm³/mol. The van der Waals surface area contributed by atoms with Gasteiger partial charge in [0.2, 0.25) is 21.9 Å². The number of aromatic amines is 1. The van der Waals surface area contributed by atoms with Crippen molar-refractivity contribution in [3.05, 3.63) is 59.3 Å². The molecule has 36 heavy (non-hydrogen) atoms. The molecule has 1 aromatic heterocycles. The molecule has 8 N–H and O–H groups in total. The summed E-state index contributed by atoms with van der Waals surface area (Å²) in [6.45, 7) is 2.05. The molecule has 1 fully saturated rings. The summed E-state index contributed by atoms with van der Waals surface area (Å²) in [4.78, 5) is 8.96. The number of piperidine rings is 1. The molecule has 194 valence electrons. The summed E-state index contributed by atoms with van der Waals surface area (Å²) in [7, 11) is -3.55. The molecule has 1 unspecified atom stereocenters. The summed E-state index contributed by atoms with van der Waals surface area (Å²) in [6, 6.07) is 12.8. The molecule has 4 rings (SSSR count). The van der Waals surface area contributed by atoms with Gasteiger partial charge in [-0.1, -0.05) is 18.2 Å². The molecule has 0 saturated carbocycles. The number of hydrogen-bond acceptors (Lipinski definition) is 9. The van der Waals surface area contributed by atoms with Crippen molar-refractivity contribution in [1.82, 2.24) is 15.3 Å². The maximum atomic E-state index is 11.5. The van der Waals surface area contributed by atoms with E-state index >= 15 is 0 Å². The second kappa shape index (κ2) is 10.6. The number of anilines is 3. The van der Waals surface area contributed by atoms with Gasteiger partial charge < -0.3 is 36.3 Å². The Morgan fingerprint density at radius 3 is 2.47 bits per heavy atom. The van der Waals surface area contributed by atoms with Crippen LogP contribution in [0.3, 0.4) is 0 Å². The highest BCUT2D eigenvalue weighted by atomic mass is 32.2. The monoisotopic (exact) mass is 516 g/mol. The van der Waals surface area contributed by atoms with E-state index < -0.39 is 16.1 Å². The van der Waals surface area contributed by atoms with E-state index in [4.69, 9.17) is 5.73 Å². The Morgan fingerprint density at radius 2 is 1.86 bits per heavy atom. The predicted octanol–water partition coefficient (Wildman–Crippen LogP) is 1.66. The van der Waals surface area contributed by atoms with Crippen LogP contribution in [0.4, 0.5) is 17.3 Å². The van der Waals surface area contributed by atoms with Crippen molar-refractivity contribution in [2.24, 2.45) is 0 Å². The van der Waals surface area contributed by atoms with Gasteiger partial charge in [-0.15, -0.1) is 0 Å². The Balaban J connectivity index is 1.26. The molecular formula is C24H32N6O5S. The number of sulfonamides is 1. The second-order valence-electron chi connectivity index (χ2n) is 9.10. The van der Waals surface area contributed by atoms with Gasteiger partial charge >= 0.3 is 0 Å². The third-order valence-electron chi connectivity index (χ3n) is 6.25. The number of rotatable bonds is 9. The van der Waals surface area contributed by atoms with Gasteiger partial charge in [0.1, 0.15) is 5.75 Å². The number of nitrogens with zero attached hydrogens (tertiary/aromatic N) is 2. The number of nitrogens with two attached hydrogens (primary N) is 1. The number of aromatic hydroxyl groups is 2. The van der Waals surface area contributed by atoms with Crippen LogP contribution in [0.5, 0.6) is 11.6 Å². The number of aliphatic hydroxyl groups is 1. The number of hydrogen-bond donors (Lipinski definition) is 7. The van der Waals surface area contributed by atoms with Crippen LogP contribution in [0.25, 0.3) is 0 Å². The maximum absolute atomic E-state index is 11.5. The minimum absolute atomic E-state index is 0.0406. The molecule has 1 aliphatic heterocycles. The summed E-state index contributed by atoms with van der Waals surface area (Å²) in [5.41, 5.74) is 8.88. The fourth-order valence-electron chi connectivity index (χ4n) is 4.35. The van der Waals surface area contributed by atoms with Gasteiger partial charge in [0.15, 0.2) is 0 Å². The Kier molecular flexibility index (Phi) is 7.57. The van der Waals surface area contributed by atoms with Crippen molar-refractivity contribution in [2.45, 2.75) is 31.4 Å². The molecule has 0 radical (unpaired) electrons. The largest absolute Gasteiger partial charge is 0.506 e. The summed E-state index contributed by atoms with van der Waals surface area (Å²) >= 11 is 0. The van der Waals surface area contributed by atoms with Gasteiger partial charge in [0.25, 0.3) is 0 Å². The van der Waals surface area contributed by atoms with Crippen molar-refractivity contribution >= 4 is 27.3 Å². The third kappa shape index (κ3) is 6.59. The molecule has 1 atom stereocenters. The number of imidazole rings is 1. The standard InChI is InChI=1S/C24H32N6O5S/c1-36(34,35)29-19-13-16(4-7-21(19)31)22(32)14-26-17-8-10-30(11-9-17)18-5-2-15(3-6-18)12-20-23(33)28-24(25)27-20/h2-7,13,17,22,26,29,31-33H,8-12,14H2,1H3,(H3,25,27,28). The Morgan fingerprint density at radius 1 is 1.17 bits per heavy atom. The highest BCUT2D eigenvalue weighted by molar-refractivity contribution is 7.92. The number of phenolic OH excluding ortho intramolecular Hbond substituents is 1. The lowest BCUT2D eigenvalue weighted by molar-refractivity contribution is 0.167. The summed E-state index contributed by atoms with van der Waals surface area (Å²) in [6.07, 6.45) is 2.48. The van der Waals surface area contributed by atoms with E-state index in [9.17, 15) is 23.7 Å². The zero-order valence-corrected chi connectivity index (χ0v) is 20.8. The van der Waals surface area contributed by atoms with E-state index in [1.807, 2.05) is 12.1 Å². The zero-order chi connectivity index (χ0) is 25.9. The summed E-state index contributed by atoms with van der Waals surface area (Å²) in [5, 5.41) is 33.7. The number of nitrogens with one attached hydrogen (secondary N) is 3. The van der Waals surface area contributed by atoms with E-state index in [0.29, 0.717) is 24.2 Å². The average molecular weight is 517 g/mol. The number of benzene rings is 2. The first-order chi connectivity index (χ1) is 17.1. The fourth-order valence-corrected chi connectivity index (χ4v) is 4.92. The van der Waals surface area contributed by atoms with E-state index in [1.54, 1.807) is 6.07 Å². The molecule has 2 heterocycles. The Labute approximate surface area is 210 Å². The molecule has 3 aromatic rings. The smallest absolute Gasteiger partial charge is 0.234 e. The molecule has 0 amide bonds. The van der Waals surface area contributed by atoms with Gasteiger partial charge in [-0.05, 0) is 48.2 Å². The first kappa shape index (κ1) is 25.6. The van der Waals surface area contributed by atoms with Crippen LogP contribution < -0.4 is 20.7 Å². The maximum Gasteiger partial charge on any atom is 0.234 e. The van der Waals surface area contributed by atoms with Crippen LogP contribution in [0.2, 0.25) is 0 Å². The van der Waals surface area contributed by atoms with E-state index in [2.05, 4.69) is 37.0 Å². The minimum atomic E-state index is -3.55. The highest BCUT2D eigenvalue weighted by Crippen LogP contribution is 2.28. The quantitative estimate of drug-likeness (QED) is 0.208. The molecular weight excluding hydrogens is 484 g/mol. The minimum Gasteiger partial charge on any atom is -0.506 e. The van der Waals surface area contributed by atoms with Gasteiger partial charge in [-0.25, -0.2) is 8.42 Å². The fraction of sp³-hybridized carbons (Fsp3) is 0.375. The molecule has 12 heteroatoms. The van der Waals surface area contributed by atoms with Crippen LogP contribution in [-0.2, 0) is 16.4 Å². The van der Waals surface area contributed by atoms with Crippen molar-refractivity contribution in [3.8, 4) is 11.6 Å². The van der Waals surface area contributed by atoms with Crippen molar-refractivity contribution < 1.29 is 23.7 Å². The molecule has 2 aromatic carbocycles. The highest BCUT2D eigenvalue weighted by Gasteiger charge is 2.21. The number of nitrogen functional groups attached to an aromatic ring is 1. The zero-order valence-electron chi connectivity index (χ0n) is 20.0. The first-order valence-corrected chi connectivity index (χ1v) is 13.6. The lowest BCUT2D eigenvalue weighted by Gasteiger charge is -2.34. The van der Waals surface area contributed by atoms with Crippen LogP contribution in [0.15, 0.2) is 42.5 Å². The van der Waals surface area contributed by atoms with Crippen LogP contribution in [-0.4, -0.2) is 65.6 Å². The summed E-state index contributed by atoms with van der Waals surface area (Å²) < 4.78 is 25.2. The number of phenols is 1. The van der Waals surface area contributed by atoms with E-state index in [1.165, 1.54) is 12.1 Å². The average Bonchev–Trinajstić information content (AvgIpc) is 3.15. The van der Waals surface area contributed by atoms with Gasteiger partial charge in [-0.2, -0.15) is 4.98 Å². The van der Waals surface area contributed by atoms with Crippen LogP contribution >= 0.6 is 0 Å². The number of H-pyrrole nitrogens is 1. The van der Waals surface area contributed by atoms with Crippen LogP contribution in [0.1, 0.15) is 35.8 Å². The van der Waals surface area contributed by atoms with Crippen molar-refractivity contribution in [2.75, 3.05) is 41.2 Å². The molecule has 1 aliphatic rings.